The molecule has 0 saturated heterocycles. The summed E-state index contributed by atoms with van der Waals surface area (Å²) < 4.78 is 0. The van der Waals surface area contributed by atoms with Crippen LogP contribution in [0.4, 0.5) is 0 Å². The van der Waals surface area contributed by atoms with Crippen molar-refractivity contribution < 1.29 is 0 Å². The molecule has 0 amide bonds. The minimum absolute atomic E-state index is 0.635. The van der Waals surface area contributed by atoms with Gasteiger partial charge in [0.2, 0.25) is 0 Å². The Balaban J connectivity index is 2.06. The highest BCUT2D eigenvalue weighted by Crippen LogP contribution is 2.17. The summed E-state index contributed by atoms with van der Waals surface area (Å²) in [7, 11) is 0. The predicted octanol–water partition coefficient (Wildman–Crippen LogP) is 4.27. The van der Waals surface area contributed by atoms with Crippen LogP contribution in [0.2, 0.25) is 0 Å². The van der Waals surface area contributed by atoms with Gasteiger partial charge in [-0.3, -0.25) is 4.90 Å². The number of benzene rings is 1. The van der Waals surface area contributed by atoms with E-state index in [1.807, 2.05) is 11.8 Å². The van der Waals surface area contributed by atoms with E-state index in [1.165, 1.54) is 23.5 Å². The van der Waals surface area contributed by atoms with E-state index in [0.29, 0.717) is 12.1 Å². The monoisotopic (exact) mass is 308 g/mol. The number of hydrogen-bond acceptors (Lipinski definition) is 3. The third-order valence-corrected chi connectivity index (χ3v) is 4.98. The molecule has 0 aromatic heterocycles. The summed E-state index contributed by atoms with van der Waals surface area (Å²) in [5.41, 5.74) is 0. The molecule has 21 heavy (non-hydrogen) atoms. The number of nitrogens with one attached hydrogen (secondary N) is 1. The highest BCUT2D eigenvalue weighted by Gasteiger charge is 2.14. The van der Waals surface area contributed by atoms with Gasteiger partial charge in [-0.1, -0.05) is 25.1 Å². The summed E-state index contributed by atoms with van der Waals surface area (Å²) in [6.07, 6.45) is 2.45. The minimum Gasteiger partial charge on any atom is -0.315 e. The lowest BCUT2D eigenvalue weighted by Crippen LogP contribution is -2.42. The molecule has 0 radical (unpaired) electrons. The van der Waals surface area contributed by atoms with E-state index in [4.69, 9.17) is 0 Å². The van der Waals surface area contributed by atoms with E-state index in [0.717, 1.165) is 19.6 Å². The second-order valence-electron chi connectivity index (χ2n) is 5.85. The van der Waals surface area contributed by atoms with Crippen LogP contribution in [0.25, 0.3) is 0 Å². The normalized spacial score (nSPS) is 13.0. The van der Waals surface area contributed by atoms with E-state index in [2.05, 4.69) is 68.2 Å². The summed E-state index contributed by atoms with van der Waals surface area (Å²) >= 11 is 1.95. The fraction of sp³-hybridized carbons (Fsp3) is 0.667. The summed E-state index contributed by atoms with van der Waals surface area (Å²) in [5.74, 6) is 1.19. The molecule has 1 aromatic carbocycles. The molecule has 1 rings (SSSR count). The Hall–Kier alpha value is -0.510. The van der Waals surface area contributed by atoms with Crippen molar-refractivity contribution in [3.63, 3.8) is 0 Å². The topological polar surface area (TPSA) is 15.3 Å². The molecule has 0 bridgehead atoms. The number of hydrogen-bond donors (Lipinski definition) is 1. The highest BCUT2D eigenvalue weighted by molar-refractivity contribution is 7.99. The summed E-state index contributed by atoms with van der Waals surface area (Å²) in [5, 5.41) is 3.58. The molecular formula is C18H32N2S. The molecule has 2 nitrogen and oxygen atoms in total. The predicted molar refractivity (Wildman–Crippen MR) is 96.2 cm³/mol. The van der Waals surface area contributed by atoms with Gasteiger partial charge in [-0.15, -0.1) is 11.8 Å². The van der Waals surface area contributed by atoms with Crippen LogP contribution in [0.5, 0.6) is 0 Å². The van der Waals surface area contributed by atoms with E-state index in [-0.39, 0.29) is 0 Å². The number of nitrogens with zero attached hydrogens (tertiary/aromatic N) is 1. The molecule has 0 aliphatic heterocycles. The zero-order valence-corrected chi connectivity index (χ0v) is 15.0. The van der Waals surface area contributed by atoms with Crippen LogP contribution >= 0.6 is 11.8 Å². The van der Waals surface area contributed by atoms with E-state index >= 15 is 0 Å². The molecule has 0 saturated carbocycles. The van der Waals surface area contributed by atoms with Crippen LogP contribution in [-0.2, 0) is 0 Å². The number of rotatable bonds is 11. The van der Waals surface area contributed by atoms with Gasteiger partial charge in [0, 0.05) is 30.1 Å². The lowest BCUT2D eigenvalue weighted by Gasteiger charge is -2.32. The van der Waals surface area contributed by atoms with Gasteiger partial charge in [-0.2, -0.15) is 0 Å². The molecule has 0 fully saturated rings. The van der Waals surface area contributed by atoms with Gasteiger partial charge in [0.05, 0.1) is 0 Å². The molecular weight excluding hydrogens is 276 g/mol. The second-order valence-corrected chi connectivity index (χ2v) is 7.02. The van der Waals surface area contributed by atoms with Crippen molar-refractivity contribution in [2.24, 2.45) is 0 Å². The summed E-state index contributed by atoms with van der Waals surface area (Å²) in [4.78, 5) is 3.96. The third kappa shape index (κ3) is 7.89. The van der Waals surface area contributed by atoms with Crippen molar-refractivity contribution in [1.29, 1.82) is 0 Å². The largest absolute Gasteiger partial charge is 0.315 e. The molecule has 1 unspecified atom stereocenters. The van der Waals surface area contributed by atoms with E-state index in [1.54, 1.807) is 0 Å². The van der Waals surface area contributed by atoms with Crippen molar-refractivity contribution in [2.45, 2.75) is 57.5 Å². The van der Waals surface area contributed by atoms with Crippen molar-refractivity contribution in [3.05, 3.63) is 30.3 Å². The first-order valence-electron chi connectivity index (χ1n) is 8.29. The van der Waals surface area contributed by atoms with Crippen LogP contribution in [0.3, 0.4) is 0 Å². The Kier molecular flexibility index (Phi) is 9.81. The Morgan fingerprint density at radius 3 is 2.43 bits per heavy atom. The molecule has 1 atom stereocenters. The zero-order valence-electron chi connectivity index (χ0n) is 14.1. The Bertz CT molecular complexity index is 353. The Morgan fingerprint density at radius 2 is 1.81 bits per heavy atom. The van der Waals surface area contributed by atoms with Crippen LogP contribution in [0, 0.1) is 0 Å². The smallest absolute Gasteiger partial charge is 0.0112 e. The maximum Gasteiger partial charge on any atom is 0.0112 e. The van der Waals surface area contributed by atoms with E-state index in [9.17, 15) is 0 Å². The van der Waals surface area contributed by atoms with Crippen molar-refractivity contribution in [2.75, 3.05) is 25.4 Å². The summed E-state index contributed by atoms with van der Waals surface area (Å²) in [6, 6.07) is 12.0. The van der Waals surface area contributed by atoms with Gasteiger partial charge < -0.3 is 5.32 Å². The molecule has 0 heterocycles. The first-order valence-corrected chi connectivity index (χ1v) is 9.28. The van der Waals surface area contributed by atoms with Crippen molar-refractivity contribution >= 4 is 11.8 Å². The maximum atomic E-state index is 3.58. The molecule has 0 aliphatic carbocycles. The average Bonchev–Trinajstić information content (AvgIpc) is 2.50. The van der Waals surface area contributed by atoms with Crippen LogP contribution in [0.1, 0.15) is 40.5 Å². The molecule has 0 spiro atoms. The Morgan fingerprint density at radius 1 is 1.10 bits per heavy atom. The van der Waals surface area contributed by atoms with Crippen LogP contribution in [-0.4, -0.2) is 42.4 Å². The fourth-order valence-electron chi connectivity index (χ4n) is 2.46. The first-order chi connectivity index (χ1) is 10.1. The van der Waals surface area contributed by atoms with Gasteiger partial charge in [-0.05, 0) is 58.0 Å². The third-order valence-electron chi connectivity index (χ3n) is 3.88. The van der Waals surface area contributed by atoms with Crippen LogP contribution in [0.15, 0.2) is 35.2 Å². The second kappa shape index (κ2) is 11.1. The quantitative estimate of drug-likeness (QED) is 0.485. The van der Waals surface area contributed by atoms with Crippen LogP contribution < -0.4 is 5.32 Å². The molecule has 1 N–H and O–H groups in total. The molecule has 0 aliphatic rings. The minimum atomic E-state index is 0.635. The average molecular weight is 309 g/mol. The lowest BCUT2D eigenvalue weighted by atomic mass is 10.2. The molecule has 3 heteroatoms. The first kappa shape index (κ1) is 18.5. The van der Waals surface area contributed by atoms with Gasteiger partial charge in [0.15, 0.2) is 0 Å². The maximum absolute atomic E-state index is 3.58. The molecule has 1 aromatic rings. The van der Waals surface area contributed by atoms with Gasteiger partial charge in [0.1, 0.15) is 0 Å². The van der Waals surface area contributed by atoms with Crippen molar-refractivity contribution in [1.82, 2.24) is 10.2 Å². The fourth-order valence-corrected chi connectivity index (χ4v) is 3.33. The highest BCUT2D eigenvalue weighted by atomic mass is 32.2. The van der Waals surface area contributed by atoms with Gasteiger partial charge in [0.25, 0.3) is 0 Å². The zero-order chi connectivity index (χ0) is 15.5. The summed E-state index contributed by atoms with van der Waals surface area (Å²) in [6.45, 7) is 12.6. The molecule has 120 valence electrons. The van der Waals surface area contributed by atoms with Gasteiger partial charge in [-0.25, -0.2) is 0 Å². The van der Waals surface area contributed by atoms with Crippen molar-refractivity contribution in [3.8, 4) is 0 Å². The Labute approximate surface area is 135 Å². The SMILES string of the molecule is CCC(C)N(CCNCCCSc1ccccc1)C(C)C. The standard InChI is InChI=1S/C18H32N2S/c1-5-17(4)20(16(2)3)14-13-19-12-9-15-21-18-10-7-6-8-11-18/h6-8,10-11,16-17,19H,5,9,12-15H2,1-4H3. The lowest BCUT2D eigenvalue weighted by molar-refractivity contribution is 0.161. The van der Waals surface area contributed by atoms with Gasteiger partial charge >= 0.3 is 0 Å². The number of thioether (sulfide) groups is 1. The van der Waals surface area contributed by atoms with E-state index < -0.39 is 0 Å².